The Morgan fingerprint density at radius 3 is 2.04 bits per heavy atom. The fraction of sp³-hybridized carbons (Fsp3) is 0.121. The first-order valence-corrected chi connectivity index (χ1v) is 25.9. The van der Waals surface area contributed by atoms with Gasteiger partial charge in [-0.25, -0.2) is 0 Å². The third kappa shape index (κ3) is 15.0. The van der Waals surface area contributed by atoms with Gasteiger partial charge < -0.3 is 10.2 Å². The van der Waals surface area contributed by atoms with Crippen molar-refractivity contribution in [2.45, 2.75) is 10.4 Å². The molecule has 0 unspecified atom stereocenters. The number of ether oxygens (including phenoxy) is 1. The molecule has 46 heavy (non-hydrogen) atoms. The molecule has 1 aliphatic rings. The zero-order chi connectivity index (χ0) is 33.8. The second-order valence-electron chi connectivity index (χ2n) is 9.19. The van der Waals surface area contributed by atoms with Gasteiger partial charge >= 0.3 is 64.4 Å². The van der Waals surface area contributed by atoms with Crippen LogP contribution >= 0.6 is 8.25 Å². The number of aromatic nitrogens is 2. The Labute approximate surface area is 283 Å². The van der Waals surface area contributed by atoms with Crippen molar-refractivity contribution in [2.24, 2.45) is 0 Å². The molecule has 3 aromatic carbocycles. The molecule has 2 heterocycles. The molecule has 0 saturated carbocycles. The Bertz CT molecular complexity index is 1770. The number of phenolic OH excluding ortho intramolecular Hbond substituents is 2. The smallest absolute Gasteiger partial charge is 0.394 e. The molecule has 0 aliphatic heterocycles. The fourth-order valence-electron chi connectivity index (χ4n) is 3.80. The van der Waals surface area contributed by atoms with Crippen LogP contribution in [0.4, 0.5) is 0 Å². The van der Waals surface area contributed by atoms with Crippen LogP contribution in [0.3, 0.4) is 0 Å². The zero-order valence-electron chi connectivity index (χ0n) is 25.0. The summed E-state index contributed by atoms with van der Waals surface area (Å²) in [6.07, 6.45) is 7.61. The summed E-state index contributed by atoms with van der Waals surface area (Å²) in [5.74, 6) is 0.680. The van der Waals surface area contributed by atoms with Crippen molar-refractivity contribution >= 4 is 41.4 Å². The molecular weight excluding hydrogens is 820 g/mol. The third-order valence-electron chi connectivity index (χ3n) is 5.79. The van der Waals surface area contributed by atoms with Crippen LogP contribution in [0.25, 0.3) is 28.1 Å². The van der Waals surface area contributed by atoms with Gasteiger partial charge in [0.05, 0.1) is 0 Å². The second kappa shape index (κ2) is 21.1. The largest absolute Gasteiger partial charge is 0.507 e. The van der Waals surface area contributed by atoms with Crippen molar-refractivity contribution in [1.82, 2.24) is 9.97 Å². The first-order valence-electron chi connectivity index (χ1n) is 13.8. The second-order valence-corrected chi connectivity index (χ2v) is 17.6. The monoisotopic (exact) mass is 854 g/mol. The van der Waals surface area contributed by atoms with Crippen molar-refractivity contribution in [3.05, 3.63) is 127 Å². The summed E-state index contributed by atoms with van der Waals surface area (Å²) in [5, 5.41) is 19.8. The Morgan fingerprint density at radius 2 is 1.43 bits per heavy atom. The van der Waals surface area contributed by atoms with Crippen LogP contribution in [0.2, 0.25) is 3.93 Å². The summed E-state index contributed by atoms with van der Waals surface area (Å²) in [6, 6.07) is 30.0. The van der Waals surface area contributed by atoms with E-state index in [4.69, 9.17) is 30.5 Å². The van der Waals surface area contributed by atoms with Gasteiger partial charge in [0.15, 0.2) is 5.78 Å². The van der Waals surface area contributed by atoms with Crippen LogP contribution in [-0.4, -0.2) is 57.2 Å². The zero-order valence-corrected chi connectivity index (χ0v) is 32.0. The fourth-order valence-corrected chi connectivity index (χ4v) is 6.30. The van der Waals surface area contributed by atoms with Crippen molar-refractivity contribution < 1.29 is 60.6 Å². The van der Waals surface area contributed by atoms with Gasteiger partial charge in [0.2, 0.25) is 0 Å². The number of Topliss-reactive ketones (excluding diaryl/α,β-unsaturated/α-hetero) is 1. The molecule has 0 bridgehead atoms. The van der Waals surface area contributed by atoms with Crippen LogP contribution in [-0.2, 0) is 38.5 Å². The standard InChI is InChI=1S/C12H10O.2C9H7NO.C3H7O.ClH.Hg.H2O4S/c13-12-9-5-4-8-11(12)10-6-2-1-3-7-10;2*11-8-5-1-3-7-4-2-6-10-9(7)8;1-3-4-2;;;1-5(2,3)4/h1-9,13H;1-4,6H,5H2;1-6,11H;1,3H2,2H3;1H;;(H2,1,2,3,4)/q;;;;;+1;/p-1. The number of carbonyl (C=O) groups is 1. The van der Waals surface area contributed by atoms with Crippen molar-refractivity contribution in [1.29, 1.82) is 0 Å². The molecule has 0 amide bonds. The quantitative estimate of drug-likeness (QED) is 0.0818. The van der Waals surface area contributed by atoms with E-state index in [-0.39, 0.29) is 11.5 Å². The van der Waals surface area contributed by atoms with Gasteiger partial charge in [-0.1, -0.05) is 84.9 Å². The van der Waals surface area contributed by atoms with Gasteiger partial charge in [-0.15, -0.1) is 0 Å². The van der Waals surface area contributed by atoms with Crippen LogP contribution in [0.1, 0.15) is 22.5 Å². The maximum atomic E-state index is 11.2. The predicted octanol–water partition coefficient (Wildman–Crippen LogP) is 7.32. The summed E-state index contributed by atoms with van der Waals surface area (Å²) in [5.41, 5.74) is 4.12. The summed E-state index contributed by atoms with van der Waals surface area (Å²) < 4.78 is 37.5. The number of carbonyl (C=O) groups excluding carboxylic acids is 1. The number of pyridine rings is 2. The summed E-state index contributed by atoms with van der Waals surface area (Å²) >= 11 is -0.821. The normalized spacial score (nSPS) is 11.0. The number of hydrogen-bond donors (Lipinski definition) is 4. The van der Waals surface area contributed by atoms with Gasteiger partial charge in [-0.05, 0) is 29.8 Å². The molecule has 0 fully saturated rings. The Balaban J connectivity index is 0.000000209. The molecule has 0 saturated heterocycles. The molecule has 0 radical (unpaired) electrons. The van der Waals surface area contributed by atoms with Crippen molar-refractivity contribution in [3.8, 4) is 22.6 Å². The number of methoxy groups -OCH3 is 1. The Hall–Kier alpha value is -3.71. The first kappa shape index (κ1) is 38.5. The topological polar surface area (TPSA) is 167 Å². The number of hydrogen-bond acceptors (Lipinski definition) is 8. The number of rotatable bonds is 4. The summed E-state index contributed by atoms with van der Waals surface area (Å²) in [6.45, 7) is 0.880. The molecule has 0 atom stereocenters. The molecule has 13 heteroatoms. The molecule has 6 rings (SSSR count). The van der Waals surface area contributed by atoms with Crippen LogP contribution in [0, 0.1) is 0 Å². The molecule has 2 aromatic heterocycles. The first-order chi connectivity index (χ1) is 22.0. The third-order valence-corrected chi connectivity index (χ3v) is 10.3. The van der Waals surface area contributed by atoms with E-state index in [1.54, 1.807) is 37.7 Å². The van der Waals surface area contributed by atoms with E-state index in [0.717, 1.165) is 28.7 Å². The molecule has 1 aliphatic carbocycles. The number of phenols is 2. The van der Waals surface area contributed by atoms with Crippen LogP contribution in [0.5, 0.6) is 11.5 Å². The van der Waals surface area contributed by atoms with Gasteiger partial charge in [-0.3, -0.25) is 23.9 Å². The summed E-state index contributed by atoms with van der Waals surface area (Å²) in [4.78, 5) is 19.2. The van der Waals surface area contributed by atoms with E-state index in [2.05, 4.69) is 9.97 Å². The number of nitrogens with zero attached hydrogens (tertiary/aromatic N) is 2. The molecular formula is C33H33ClHgN2O8S. The number of para-hydroxylation sites is 2. The van der Waals surface area contributed by atoms with Gasteiger partial charge in [-0.2, -0.15) is 8.42 Å². The minimum Gasteiger partial charge on any atom is -0.507 e. The van der Waals surface area contributed by atoms with E-state index in [9.17, 15) is 15.0 Å². The van der Waals surface area contributed by atoms with Crippen LogP contribution < -0.4 is 0 Å². The number of halogens is 1. The van der Waals surface area contributed by atoms with E-state index < -0.39 is 33.7 Å². The van der Waals surface area contributed by atoms with E-state index >= 15 is 0 Å². The minimum absolute atomic E-state index is 0.114. The number of benzene rings is 3. The predicted molar refractivity (Wildman–Crippen MR) is 176 cm³/mol. The summed E-state index contributed by atoms with van der Waals surface area (Å²) in [7, 11) is 2.56. The van der Waals surface area contributed by atoms with Gasteiger partial charge in [0, 0.05) is 35.3 Å². The van der Waals surface area contributed by atoms with E-state index in [1.165, 1.54) is 3.93 Å². The average molecular weight is 854 g/mol. The van der Waals surface area contributed by atoms with Gasteiger partial charge in [0.1, 0.15) is 22.7 Å². The minimum atomic E-state index is -4.67. The number of aromatic hydroxyl groups is 2. The maximum Gasteiger partial charge on any atom is 0.394 e. The van der Waals surface area contributed by atoms with Gasteiger partial charge in [0.25, 0.3) is 0 Å². The Morgan fingerprint density at radius 1 is 0.826 bits per heavy atom. The number of fused-ring (bicyclic) bond motifs is 2. The SMILES string of the molecule is COC[CH2][Hg][Cl].O=C1CC=Cc2cccnc21.O=S(=O)(O)O.Oc1cccc2cccnc12.Oc1ccccc1-c1ccccc1. The number of ketones is 1. The number of allylic oxidation sites excluding steroid dienone is 1. The molecule has 4 N–H and O–H groups in total. The van der Waals surface area contributed by atoms with Crippen LogP contribution in [0.15, 0.2) is 116 Å². The molecule has 238 valence electrons. The van der Waals surface area contributed by atoms with E-state index in [1.807, 2.05) is 91.0 Å². The maximum absolute atomic E-state index is 11.2. The van der Waals surface area contributed by atoms with Crippen molar-refractivity contribution in [2.75, 3.05) is 13.7 Å². The van der Waals surface area contributed by atoms with E-state index in [0.29, 0.717) is 23.4 Å². The Kier molecular flexibility index (Phi) is 17.7. The molecule has 10 nitrogen and oxygen atoms in total. The van der Waals surface area contributed by atoms with Crippen molar-refractivity contribution in [3.63, 3.8) is 0 Å². The molecule has 0 spiro atoms. The molecule has 5 aromatic rings. The average Bonchev–Trinajstić information content (AvgIpc) is 3.05.